The van der Waals surface area contributed by atoms with Gasteiger partial charge in [-0.25, -0.2) is 0 Å². The first-order chi connectivity index (χ1) is 11.6. The van der Waals surface area contributed by atoms with Crippen molar-refractivity contribution in [3.63, 3.8) is 0 Å². The molecule has 4 rings (SSSR count). The Kier molecular flexibility index (Phi) is 3.53. The van der Waals surface area contributed by atoms with Crippen LogP contribution >= 0.6 is 0 Å². The maximum absolute atomic E-state index is 13.1. The fourth-order valence-electron chi connectivity index (χ4n) is 3.51. The zero-order valence-electron chi connectivity index (χ0n) is 14.0. The summed E-state index contributed by atoms with van der Waals surface area (Å²) in [6.45, 7) is 5.43. The van der Waals surface area contributed by atoms with Crippen LogP contribution in [-0.2, 0) is 13.0 Å². The lowest BCUT2D eigenvalue weighted by Crippen LogP contribution is -2.29. The number of amides is 1. The quantitative estimate of drug-likeness (QED) is 0.733. The third-order valence-electron chi connectivity index (χ3n) is 4.83. The molecule has 3 aromatic rings. The summed E-state index contributed by atoms with van der Waals surface area (Å²) >= 11 is 0. The predicted molar refractivity (Wildman–Crippen MR) is 93.5 cm³/mol. The van der Waals surface area contributed by atoms with Gasteiger partial charge >= 0.3 is 0 Å². The standard InChI is InChI=1S/C20H20N2O2/c1-14-12-18(15(2)22(14)13-17-7-5-11-24-17)20(23)21-10-9-16-6-3-4-8-19(16)21/h3-8,11-12H,9-10,13H2,1-2H3. The Bertz CT molecular complexity index is 891. The van der Waals surface area contributed by atoms with E-state index in [2.05, 4.69) is 10.6 Å². The number of aromatic nitrogens is 1. The largest absolute Gasteiger partial charge is 0.467 e. The van der Waals surface area contributed by atoms with Gasteiger partial charge in [-0.3, -0.25) is 4.79 Å². The van der Waals surface area contributed by atoms with Crippen LogP contribution in [0.4, 0.5) is 5.69 Å². The van der Waals surface area contributed by atoms with Gasteiger partial charge in [0.15, 0.2) is 0 Å². The molecule has 4 nitrogen and oxygen atoms in total. The van der Waals surface area contributed by atoms with E-state index in [4.69, 9.17) is 4.42 Å². The van der Waals surface area contributed by atoms with E-state index in [-0.39, 0.29) is 5.91 Å². The van der Waals surface area contributed by atoms with E-state index in [0.29, 0.717) is 6.54 Å². The molecule has 1 aliphatic rings. The van der Waals surface area contributed by atoms with Crippen molar-refractivity contribution in [2.24, 2.45) is 0 Å². The molecule has 0 unspecified atom stereocenters. The molecular formula is C20H20N2O2. The molecule has 0 atom stereocenters. The fourth-order valence-corrected chi connectivity index (χ4v) is 3.51. The number of fused-ring (bicyclic) bond motifs is 1. The Morgan fingerprint density at radius 2 is 2.00 bits per heavy atom. The highest BCUT2D eigenvalue weighted by molar-refractivity contribution is 6.08. The highest BCUT2D eigenvalue weighted by atomic mass is 16.3. The van der Waals surface area contributed by atoms with Crippen LogP contribution in [0.25, 0.3) is 0 Å². The number of carbonyl (C=O) groups excluding carboxylic acids is 1. The molecule has 0 aliphatic carbocycles. The molecule has 1 aliphatic heterocycles. The summed E-state index contributed by atoms with van der Waals surface area (Å²) in [5.41, 5.74) is 5.11. The molecule has 1 amide bonds. The van der Waals surface area contributed by atoms with Crippen LogP contribution in [0.2, 0.25) is 0 Å². The second-order valence-electron chi connectivity index (χ2n) is 6.29. The Labute approximate surface area is 141 Å². The molecule has 122 valence electrons. The zero-order chi connectivity index (χ0) is 16.7. The summed E-state index contributed by atoms with van der Waals surface area (Å²) < 4.78 is 7.58. The van der Waals surface area contributed by atoms with Crippen LogP contribution in [0.5, 0.6) is 0 Å². The van der Waals surface area contributed by atoms with Gasteiger partial charge in [0.1, 0.15) is 5.76 Å². The first-order valence-electron chi connectivity index (χ1n) is 8.24. The maximum atomic E-state index is 13.1. The smallest absolute Gasteiger partial charge is 0.260 e. The molecule has 2 aromatic heterocycles. The van der Waals surface area contributed by atoms with Crippen LogP contribution in [0.3, 0.4) is 0 Å². The molecule has 0 fully saturated rings. The van der Waals surface area contributed by atoms with E-state index in [0.717, 1.165) is 41.4 Å². The van der Waals surface area contributed by atoms with Crippen molar-refractivity contribution >= 4 is 11.6 Å². The SMILES string of the molecule is Cc1cc(C(=O)N2CCc3ccccc32)c(C)n1Cc1ccco1. The van der Waals surface area contributed by atoms with E-state index in [1.807, 2.05) is 55.1 Å². The van der Waals surface area contributed by atoms with Gasteiger partial charge < -0.3 is 13.9 Å². The number of para-hydroxylation sites is 1. The van der Waals surface area contributed by atoms with E-state index in [1.165, 1.54) is 5.56 Å². The van der Waals surface area contributed by atoms with Gasteiger partial charge in [0.05, 0.1) is 18.4 Å². The molecule has 4 heteroatoms. The minimum absolute atomic E-state index is 0.0822. The average molecular weight is 320 g/mol. The lowest BCUT2D eigenvalue weighted by Gasteiger charge is -2.17. The first kappa shape index (κ1) is 14.8. The van der Waals surface area contributed by atoms with Crippen LogP contribution < -0.4 is 4.90 Å². The van der Waals surface area contributed by atoms with Crippen LogP contribution in [0.15, 0.2) is 53.1 Å². The van der Waals surface area contributed by atoms with E-state index >= 15 is 0 Å². The van der Waals surface area contributed by atoms with Gasteiger partial charge in [0, 0.05) is 23.6 Å². The Morgan fingerprint density at radius 3 is 2.79 bits per heavy atom. The lowest BCUT2D eigenvalue weighted by molar-refractivity contribution is 0.0988. The Hall–Kier alpha value is -2.75. The number of benzene rings is 1. The van der Waals surface area contributed by atoms with Gasteiger partial charge in [0.25, 0.3) is 5.91 Å². The summed E-state index contributed by atoms with van der Waals surface area (Å²) in [6.07, 6.45) is 2.60. The molecule has 3 heterocycles. The third-order valence-corrected chi connectivity index (χ3v) is 4.83. The number of nitrogens with zero attached hydrogens (tertiary/aromatic N) is 2. The average Bonchev–Trinajstić information content (AvgIpc) is 3.30. The minimum atomic E-state index is 0.0822. The van der Waals surface area contributed by atoms with Crippen molar-refractivity contribution in [2.75, 3.05) is 11.4 Å². The normalized spacial score (nSPS) is 13.3. The van der Waals surface area contributed by atoms with E-state index in [9.17, 15) is 4.79 Å². The summed E-state index contributed by atoms with van der Waals surface area (Å²) in [7, 11) is 0. The molecule has 0 saturated carbocycles. The number of carbonyl (C=O) groups is 1. The van der Waals surface area contributed by atoms with Crippen molar-refractivity contribution < 1.29 is 9.21 Å². The van der Waals surface area contributed by atoms with Crippen molar-refractivity contribution in [1.29, 1.82) is 0 Å². The number of hydrogen-bond acceptors (Lipinski definition) is 2. The summed E-state index contributed by atoms with van der Waals surface area (Å²) in [4.78, 5) is 15.0. The number of aryl methyl sites for hydroxylation is 1. The molecule has 0 saturated heterocycles. The zero-order valence-corrected chi connectivity index (χ0v) is 14.0. The summed E-state index contributed by atoms with van der Waals surface area (Å²) in [5.74, 6) is 0.973. The number of furan rings is 1. The van der Waals surface area contributed by atoms with Gasteiger partial charge in [-0.1, -0.05) is 18.2 Å². The van der Waals surface area contributed by atoms with Gasteiger partial charge in [-0.15, -0.1) is 0 Å². The van der Waals surface area contributed by atoms with Crippen LogP contribution in [0.1, 0.15) is 33.1 Å². The Balaban J connectivity index is 1.67. The van der Waals surface area contributed by atoms with E-state index in [1.54, 1.807) is 6.26 Å². The van der Waals surface area contributed by atoms with Gasteiger partial charge in [-0.2, -0.15) is 0 Å². The first-order valence-corrected chi connectivity index (χ1v) is 8.24. The van der Waals surface area contributed by atoms with Crippen molar-refractivity contribution in [3.8, 4) is 0 Å². The van der Waals surface area contributed by atoms with Crippen LogP contribution in [-0.4, -0.2) is 17.0 Å². The monoisotopic (exact) mass is 320 g/mol. The number of hydrogen-bond donors (Lipinski definition) is 0. The molecule has 0 bridgehead atoms. The minimum Gasteiger partial charge on any atom is -0.467 e. The number of rotatable bonds is 3. The molecule has 24 heavy (non-hydrogen) atoms. The topological polar surface area (TPSA) is 38.4 Å². The molecule has 0 spiro atoms. The second-order valence-corrected chi connectivity index (χ2v) is 6.29. The third kappa shape index (κ3) is 2.35. The van der Waals surface area contributed by atoms with Crippen molar-refractivity contribution in [2.45, 2.75) is 26.8 Å². The van der Waals surface area contributed by atoms with Crippen molar-refractivity contribution in [1.82, 2.24) is 4.57 Å². The molecule has 0 N–H and O–H groups in total. The Morgan fingerprint density at radius 1 is 1.17 bits per heavy atom. The maximum Gasteiger partial charge on any atom is 0.260 e. The predicted octanol–water partition coefficient (Wildman–Crippen LogP) is 3.95. The molecule has 1 aromatic carbocycles. The van der Waals surface area contributed by atoms with Crippen molar-refractivity contribution in [3.05, 3.63) is 77.0 Å². The summed E-state index contributed by atoms with van der Waals surface area (Å²) in [6, 6.07) is 14.0. The van der Waals surface area contributed by atoms with Gasteiger partial charge in [0.2, 0.25) is 0 Å². The van der Waals surface area contributed by atoms with E-state index < -0.39 is 0 Å². The molecular weight excluding hydrogens is 300 g/mol. The highest BCUT2D eigenvalue weighted by Gasteiger charge is 2.27. The lowest BCUT2D eigenvalue weighted by atomic mass is 10.1. The molecule has 0 radical (unpaired) electrons. The number of anilines is 1. The fraction of sp³-hybridized carbons (Fsp3) is 0.250. The second kappa shape index (κ2) is 5.71. The highest BCUT2D eigenvalue weighted by Crippen LogP contribution is 2.30. The van der Waals surface area contributed by atoms with Gasteiger partial charge in [-0.05, 0) is 50.1 Å². The van der Waals surface area contributed by atoms with Crippen LogP contribution in [0, 0.1) is 13.8 Å². The summed E-state index contributed by atoms with van der Waals surface area (Å²) in [5, 5.41) is 0.